The number of aromatic nitrogens is 2. The molecule has 0 saturated carbocycles. The zero-order chi connectivity index (χ0) is 21.8. The van der Waals surface area contributed by atoms with Gasteiger partial charge in [-0.3, -0.25) is 4.79 Å². The molecule has 0 aliphatic carbocycles. The van der Waals surface area contributed by atoms with Crippen LogP contribution in [-0.2, 0) is 27.4 Å². The summed E-state index contributed by atoms with van der Waals surface area (Å²) in [6.45, 7) is 0.0852. The molecule has 7 nitrogen and oxygen atoms in total. The number of nitrogens with zero attached hydrogens (tertiary/aromatic N) is 2. The number of fused-ring (bicyclic) bond motifs is 1. The van der Waals surface area contributed by atoms with Crippen molar-refractivity contribution in [1.82, 2.24) is 19.4 Å². The smallest absolute Gasteiger partial charge is 0.356 e. The largest absolute Gasteiger partial charge is 0.416 e. The van der Waals surface area contributed by atoms with Gasteiger partial charge in [-0.1, -0.05) is 12.1 Å². The molecule has 30 heavy (non-hydrogen) atoms. The predicted molar refractivity (Wildman–Crippen MR) is 103 cm³/mol. The van der Waals surface area contributed by atoms with Crippen LogP contribution in [0.5, 0.6) is 0 Å². The van der Waals surface area contributed by atoms with Gasteiger partial charge in [-0.05, 0) is 30.3 Å². The zero-order valence-corrected chi connectivity index (χ0v) is 16.5. The maximum atomic E-state index is 12.7. The van der Waals surface area contributed by atoms with Crippen LogP contribution in [-0.4, -0.2) is 36.8 Å². The first kappa shape index (κ1) is 21.8. The van der Waals surface area contributed by atoms with E-state index >= 15 is 0 Å². The second-order valence-electron chi connectivity index (χ2n) is 6.47. The molecule has 1 amide bonds. The number of pyridine rings is 1. The molecule has 0 radical (unpaired) electrons. The number of carbonyl (C=O) groups is 1. The molecule has 11 heteroatoms. The van der Waals surface area contributed by atoms with E-state index in [1.807, 2.05) is 35.0 Å². The van der Waals surface area contributed by atoms with Crippen LogP contribution >= 0.6 is 0 Å². The SMILES string of the molecule is O=C(CCNS(=O)(=O)c1cccc(C(F)(F)F)c1)NCCc1cn2ccccc2n1. The molecule has 160 valence electrons. The molecule has 0 aliphatic rings. The van der Waals surface area contributed by atoms with E-state index < -0.39 is 26.7 Å². The van der Waals surface area contributed by atoms with Crippen LogP contribution < -0.4 is 10.0 Å². The summed E-state index contributed by atoms with van der Waals surface area (Å²) in [6.07, 6.45) is -0.579. The predicted octanol–water partition coefficient (Wildman–Crippen LogP) is 2.38. The highest BCUT2D eigenvalue weighted by Crippen LogP contribution is 2.30. The number of benzene rings is 1. The summed E-state index contributed by atoms with van der Waals surface area (Å²) in [6, 6.07) is 9.02. The number of halogens is 3. The molecule has 0 aliphatic heterocycles. The van der Waals surface area contributed by atoms with Crippen LogP contribution in [0.3, 0.4) is 0 Å². The average molecular weight is 440 g/mol. The standard InChI is InChI=1S/C19H19F3N4O3S/c20-19(21,22)14-4-3-5-16(12-14)30(28,29)24-10-8-18(27)23-9-7-15-13-26-11-2-1-6-17(26)25-15/h1-6,11-13,24H,7-10H2,(H,23,27). The molecule has 0 atom stereocenters. The minimum atomic E-state index is -4.65. The van der Waals surface area contributed by atoms with Crippen molar-refractivity contribution >= 4 is 21.6 Å². The number of hydrogen-bond acceptors (Lipinski definition) is 4. The molecule has 3 rings (SSSR count). The van der Waals surface area contributed by atoms with Crippen LogP contribution in [0, 0.1) is 0 Å². The lowest BCUT2D eigenvalue weighted by molar-refractivity contribution is -0.137. The molecule has 2 N–H and O–H groups in total. The van der Waals surface area contributed by atoms with E-state index in [1.54, 1.807) is 0 Å². The highest BCUT2D eigenvalue weighted by molar-refractivity contribution is 7.89. The van der Waals surface area contributed by atoms with Gasteiger partial charge in [-0.2, -0.15) is 13.2 Å². The van der Waals surface area contributed by atoms with Crippen molar-refractivity contribution in [3.63, 3.8) is 0 Å². The highest BCUT2D eigenvalue weighted by atomic mass is 32.2. The van der Waals surface area contributed by atoms with E-state index in [0.29, 0.717) is 19.0 Å². The number of hydrogen-bond donors (Lipinski definition) is 2. The molecule has 1 aromatic carbocycles. The minimum Gasteiger partial charge on any atom is -0.356 e. The van der Waals surface area contributed by atoms with Crippen molar-refractivity contribution in [3.05, 3.63) is 66.1 Å². The van der Waals surface area contributed by atoms with Gasteiger partial charge in [0.1, 0.15) is 5.65 Å². The van der Waals surface area contributed by atoms with Crippen molar-refractivity contribution < 1.29 is 26.4 Å². The lowest BCUT2D eigenvalue weighted by Gasteiger charge is -2.10. The Bertz CT molecular complexity index is 1110. The van der Waals surface area contributed by atoms with E-state index in [9.17, 15) is 26.4 Å². The summed E-state index contributed by atoms with van der Waals surface area (Å²) in [7, 11) is -4.16. The number of rotatable bonds is 8. The summed E-state index contributed by atoms with van der Waals surface area (Å²) in [4.78, 5) is 15.8. The van der Waals surface area contributed by atoms with Crippen LogP contribution in [0.25, 0.3) is 5.65 Å². The first-order valence-electron chi connectivity index (χ1n) is 9.01. The monoisotopic (exact) mass is 440 g/mol. The molecule has 0 unspecified atom stereocenters. The lowest BCUT2D eigenvalue weighted by Crippen LogP contribution is -2.31. The number of imidazole rings is 1. The van der Waals surface area contributed by atoms with Gasteiger partial charge in [0.25, 0.3) is 0 Å². The van der Waals surface area contributed by atoms with Crippen molar-refractivity contribution in [2.75, 3.05) is 13.1 Å². The minimum absolute atomic E-state index is 0.149. The van der Waals surface area contributed by atoms with E-state index in [0.717, 1.165) is 29.5 Å². The molecule has 0 bridgehead atoms. The number of carbonyl (C=O) groups excluding carboxylic acids is 1. The zero-order valence-electron chi connectivity index (χ0n) is 15.7. The van der Waals surface area contributed by atoms with Gasteiger partial charge in [0.15, 0.2) is 0 Å². The number of sulfonamides is 1. The van der Waals surface area contributed by atoms with Gasteiger partial charge in [0, 0.05) is 38.3 Å². The summed E-state index contributed by atoms with van der Waals surface area (Å²) < 4.78 is 66.5. The van der Waals surface area contributed by atoms with Crippen LogP contribution in [0.2, 0.25) is 0 Å². The Morgan fingerprint density at radius 2 is 1.90 bits per heavy atom. The Balaban J connectivity index is 1.45. The van der Waals surface area contributed by atoms with Crippen LogP contribution in [0.4, 0.5) is 13.2 Å². The maximum Gasteiger partial charge on any atom is 0.416 e. The second-order valence-corrected chi connectivity index (χ2v) is 8.24. The van der Waals surface area contributed by atoms with Gasteiger partial charge in [-0.25, -0.2) is 18.1 Å². The quantitative estimate of drug-likeness (QED) is 0.563. The Hall–Kier alpha value is -2.92. The summed E-state index contributed by atoms with van der Waals surface area (Å²) >= 11 is 0. The number of amides is 1. The molecule has 0 spiro atoms. The fourth-order valence-corrected chi connectivity index (χ4v) is 3.83. The van der Waals surface area contributed by atoms with Gasteiger partial charge in [-0.15, -0.1) is 0 Å². The van der Waals surface area contributed by atoms with E-state index in [2.05, 4.69) is 15.0 Å². The normalized spacial score (nSPS) is 12.2. The maximum absolute atomic E-state index is 12.7. The van der Waals surface area contributed by atoms with Gasteiger partial charge >= 0.3 is 6.18 Å². The van der Waals surface area contributed by atoms with E-state index in [-0.39, 0.29) is 18.9 Å². The summed E-state index contributed by atoms with van der Waals surface area (Å²) in [5, 5.41) is 2.66. The Labute approximate surface area is 171 Å². The Morgan fingerprint density at radius 1 is 1.10 bits per heavy atom. The van der Waals surface area contributed by atoms with Crippen LogP contribution in [0.1, 0.15) is 17.7 Å². The number of nitrogens with one attached hydrogen (secondary N) is 2. The first-order chi connectivity index (χ1) is 14.1. The third kappa shape index (κ3) is 5.57. The van der Waals surface area contributed by atoms with Gasteiger partial charge < -0.3 is 9.72 Å². The van der Waals surface area contributed by atoms with Crippen molar-refractivity contribution in [1.29, 1.82) is 0 Å². The van der Waals surface area contributed by atoms with Gasteiger partial charge in [0.2, 0.25) is 15.9 Å². The number of alkyl halides is 3. The fourth-order valence-electron chi connectivity index (χ4n) is 2.75. The van der Waals surface area contributed by atoms with Crippen molar-refractivity contribution in [3.8, 4) is 0 Å². The average Bonchev–Trinajstić information content (AvgIpc) is 3.10. The molecule has 0 saturated heterocycles. The third-order valence-corrected chi connectivity index (χ3v) is 5.69. The van der Waals surface area contributed by atoms with E-state index in [1.165, 1.54) is 0 Å². The van der Waals surface area contributed by atoms with Crippen molar-refractivity contribution in [2.24, 2.45) is 0 Å². The Kier molecular flexibility index (Phi) is 6.42. The highest BCUT2D eigenvalue weighted by Gasteiger charge is 2.31. The van der Waals surface area contributed by atoms with Crippen molar-refractivity contribution in [2.45, 2.75) is 23.9 Å². The molecule has 2 aromatic heterocycles. The fraction of sp³-hybridized carbons (Fsp3) is 0.263. The van der Waals surface area contributed by atoms with E-state index in [4.69, 9.17) is 0 Å². The van der Waals surface area contributed by atoms with Gasteiger partial charge in [0.05, 0.1) is 16.2 Å². The second kappa shape index (κ2) is 8.84. The molecule has 2 heterocycles. The molecular formula is C19H19F3N4O3S. The third-order valence-electron chi connectivity index (χ3n) is 4.23. The first-order valence-corrected chi connectivity index (χ1v) is 10.5. The Morgan fingerprint density at radius 3 is 2.63 bits per heavy atom. The summed E-state index contributed by atoms with van der Waals surface area (Å²) in [5.41, 5.74) is 0.532. The molecular weight excluding hydrogens is 421 g/mol. The molecule has 3 aromatic rings. The molecule has 0 fully saturated rings. The topological polar surface area (TPSA) is 92.6 Å². The van der Waals surface area contributed by atoms with Crippen LogP contribution in [0.15, 0.2) is 59.8 Å². The summed E-state index contributed by atoms with van der Waals surface area (Å²) in [5.74, 6) is -0.384. The lowest BCUT2D eigenvalue weighted by atomic mass is 10.2.